The average Bonchev–Trinajstić information content (AvgIpc) is 3.26. The molecule has 1 aliphatic heterocycles. The van der Waals surface area contributed by atoms with Crippen molar-refractivity contribution in [2.75, 3.05) is 69.9 Å². The van der Waals surface area contributed by atoms with Crippen LogP contribution in [0.25, 0.3) is 10.9 Å². The second kappa shape index (κ2) is 11.2. The number of rotatable bonds is 10. The quantitative estimate of drug-likeness (QED) is 0.492. The number of carbonyl (C=O) groups excluding carboxylic acids is 1. The minimum absolute atomic E-state index is 0.0586. The van der Waals surface area contributed by atoms with E-state index in [4.69, 9.17) is 14.6 Å². The fourth-order valence-electron chi connectivity index (χ4n) is 4.17. The lowest BCUT2D eigenvalue weighted by Gasteiger charge is -2.35. The fraction of sp³-hybridized carbons (Fsp3) is 0.400. The number of aliphatic hydroxyl groups excluding tert-OH is 1. The van der Waals surface area contributed by atoms with Gasteiger partial charge in [0.05, 0.1) is 18.7 Å². The van der Waals surface area contributed by atoms with E-state index in [0.717, 1.165) is 61.5 Å². The van der Waals surface area contributed by atoms with Gasteiger partial charge in [-0.3, -0.25) is 9.69 Å². The molecule has 2 N–H and O–H groups in total. The molecule has 1 aliphatic rings. The summed E-state index contributed by atoms with van der Waals surface area (Å²) < 4.78 is 13.1. The van der Waals surface area contributed by atoms with Crippen LogP contribution in [0.4, 0.5) is 11.4 Å². The maximum atomic E-state index is 12.5. The van der Waals surface area contributed by atoms with Gasteiger partial charge in [0.1, 0.15) is 5.75 Å². The third kappa shape index (κ3) is 5.84. The maximum Gasteiger partial charge on any atom is 0.262 e. The highest BCUT2D eigenvalue weighted by molar-refractivity contribution is 5.93. The van der Waals surface area contributed by atoms with Crippen LogP contribution < -0.4 is 15.0 Å². The first kappa shape index (κ1) is 23.1. The Labute approximate surface area is 194 Å². The van der Waals surface area contributed by atoms with Crippen LogP contribution in [0, 0.1) is 0 Å². The van der Waals surface area contributed by atoms with Crippen LogP contribution in [0.5, 0.6) is 5.75 Å². The van der Waals surface area contributed by atoms with E-state index in [-0.39, 0.29) is 19.1 Å². The largest absolute Gasteiger partial charge is 0.483 e. The predicted octanol–water partition coefficient (Wildman–Crippen LogP) is 2.42. The molecular weight excluding hydrogens is 420 g/mol. The summed E-state index contributed by atoms with van der Waals surface area (Å²) in [6.45, 7) is 6.02. The summed E-state index contributed by atoms with van der Waals surface area (Å²) in [5.41, 5.74) is 2.94. The first-order valence-corrected chi connectivity index (χ1v) is 11.4. The van der Waals surface area contributed by atoms with Crippen molar-refractivity contribution < 1.29 is 19.4 Å². The highest BCUT2D eigenvalue weighted by Crippen LogP contribution is 2.27. The van der Waals surface area contributed by atoms with E-state index in [0.29, 0.717) is 12.4 Å². The van der Waals surface area contributed by atoms with E-state index in [1.165, 1.54) is 0 Å². The van der Waals surface area contributed by atoms with Gasteiger partial charge >= 0.3 is 0 Å². The van der Waals surface area contributed by atoms with Crippen molar-refractivity contribution in [1.29, 1.82) is 0 Å². The van der Waals surface area contributed by atoms with Gasteiger partial charge in [0, 0.05) is 69.3 Å². The van der Waals surface area contributed by atoms with Crippen molar-refractivity contribution in [3.05, 3.63) is 54.7 Å². The van der Waals surface area contributed by atoms with Gasteiger partial charge in [-0.2, -0.15) is 0 Å². The van der Waals surface area contributed by atoms with Gasteiger partial charge < -0.3 is 29.4 Å². The number of amides is 1. The molecule has 2 aromatic carbocycles. The van der Waals surface area contributed by atoms with Crippen LogP contribution in [0.15, 0.2) is 54.7 Å². The molecule has 1 saturated heterocycles. The van der Waals surface area contributed by atoms with Crippen molar-refractivity contribution in [2.24, 2.45) is 0 Å². The van der Waals surface area contributed by atoms with E-state index >= 15 is 0 Å². The highest BCUT2D eigenvalue weighted by atomic mass is 16.5. The van der Waals surface area contributed by atoms with Crippen LogP contribution in [-0.4, -0.2) is 80.1 Å². The van der Waals surface area contributed by atoms with Gasteiger partial charge in [0.25, 0.3) is 5.91 Å². The Balaban J connectivity index is 1.29. The second-order valence-corrected chi connectivity index (χ2v) is 8.13. The Bertz CT molecular complexity index is 1040. The summed E-state index contributed by atoms with van der Waals surface area (Å²) in [5, 5.41) is 13.0. The number of nitrogens with one attached hydrogen (secondary N) is 1. The second-order valence-electron chi connectivity index (χ2n) is 8.13. The van der Waals surface area contributed by atoms with E-state index < -0.39 is 0 Å². The van der Waals surface area contributed by atoms with E-state index in [1.54, 1.807) is 7.11 Å². The summed E-state index contributed by atoms with van der Waals surface area (Å²) >= 11 is 0. The van der Waals surface area contributed by atoms with Crippen molar-refractivity contribution in [2.45, 2.75) is 6.54 Å². The van der Waals surface area contributed by atoms with E-state index in [9.17, 15) is 4.79 Å². The first-order chi connectivity index (χ1) is 16.2. The lowest BCUT2D eigenvalue weighted by molar-refractivity contribution is -0.118. The Kier molecular flexibility index (Phi) is 7.83. The standard InChI is InChI=1S/C25H32N4O4/c1-32-18-16-29-10-9-22-23(29)3-2-4-24(22)33-19-25(31)26-20-5-7-21(8-6-20)28-13-11-27(12-14-28)15-17-30/h2-10,30H,11-19H2,1H3,(H,26,31). The van der Waals surface area contributed by atoms with Crippen LogP contribution in [0.2, 0.25) is 0 Å². The molecule has 0 unspecified atom stereocenters. The molecule has 0 radical (unpaired) electrons. The number of aliphatic hydroxyl groups is 1. The number of methoxy groups -OCH3 is 1. The molecule has 1 amide bonds. The Hall–Kier alpha value is -3.07. The van der Waals surface area contributed by atoms with Gasteiger partial charge in [0.15, 0.2) is 6.61 Å². The number of nitrogens with zero attached hydrogens (tertiary/aromatic N) is 3. The normalized spacial score (nSPS) is 14.5. The molecular formula is C25H32N4O4. The van der Waals surface area contributed by atoms with Gasteiger partial charge in [-0.25, -0.2) is 0 Å². The van der Waals surface area contributed by atoms with Gasteiger partial charge in [-0.15, -0.1) is 0 Å². The number of fused-ring (bicyclic) bond motifs is 1. The summed E-state index contributed by atoms with van der Waals surface area (Å²) in [6.07, 6.45) is 2.00. The van der Waals surface area contributed by atoms with Crippen LogP contribution >= 0.6 is 0 Å². The fourth-order valence-corrected chi connectivity index (χ4v) is 4.17. The SMILES string of the molecule is COCCn1ccc2c(OCC(=O)Nc3ccc(N4CCN(CCO)CC4)cc3)cccc21. The lowest BCUT2D eigenvalue weighted by atomic mass is 10.2. The third-order valence-electron chi connectivity index (χ3n) is 5.97. The molecule has 176 valence electrons. The monoisotopic (exact) mass is 452 g/mol. The molecule has 8 heteroatoms. The Morgan fingerprint density at radius 2 is 1.82 bits per heavy atom. The van der Waals surface area contributed by atoms with Gasteiger partial charge in [-0.05, 0) is 42.5 Å². The molecule has 8 nitrogen and oxygen atoms in total. The number of anilines is 2. The zero-order valence-electron chi connectivity index (χ0n) is 19.1. The molecule has 0 saturated carbocycles. The molecule has 0 spiro atoms. The smallest absolute Gasteiger partial charge is 0.262 e. The number of benzene rings is 2. The number of aromatic nitrogens is 1. The molecule has 0 aliphatic carbocycles. The van der Waals surface area contributed by atoms with Crippen LogP contribution in [-0.2, 0) is 16.1 Å². The molecule has 1 aromatic heterocycles. The summed E-state index contributed by atoms with van der Waals surface area (Å²) in [4.78, 5) is 17.0. The van der Waals surface area contributed by atoms with Crippen LogP contribution in [0.3, 0.4) is 0 Å². The zero-order valence-corrected chi connectivity index (χ0v) is 19.1. The first-order valence-electron chi connectivity index (χ1n) is 11.4. The summed E-state index contributed by atoms with van der Waals surface area (Å²) in [6, 6.07) is 15.7. The topological polar surface area (TPSA) is 79.2 Å². The number of carbonyl (C=O) groups is 1. The van der Waals surface area contributed by atoms with E-state index in [1.807, 2.05) is 54.7 Å². The Morgan fingerprint density at radius 3 is 2.55 bits per heavy atom. The molecule has 33 heavy (non-hydrogen) atoms. The van der Waals surface area contributed by atoms with Crippen LogP contribution in [0.1, 0.15) is 0 Å². The number of hydrogen-bond donors (Lipinski definition) is 2. The van der Waals surface area contributed by atoms with Crippen molar-refractivity contribution >= 4 is 28.2 Å². The minimum Gasteiger partial charge on any atom is -0.483 e. The molecule has 0 bridgehead atoms. The third-order valence-corrected chi connectivity index (χ3v) is 5.97. The zero-order chi connectivity index (χ0) is 23.0. The average molecular weight is 453 g/mol. The Morgan fingerprint density at radius 1 is 1.03 bits per heavy atom. The van der Waals surface area contributed by atoms with Gasteiger partial charge in [0.2, 0.25) is 0 Å². The minimum atomic E-state index is -0.198. The number of hydrogen-bond acceptors (Lipinski definition) is 6. The van der Waals surface area contributed by atoms with Crippen molar-refractivity contribution in [3.8, 4) is 5.75 Å². The molecule has 3 aromatic rings. The van der Waals surface area contributed by atoms with E-state index in [2.05, 4.69) is 19.7 Å². The lowest BCUT2D eigenvalue weighted by Crippen LogP contribution is -2.47. The number of piperazine rings is 1. The van der Waals surface area contributed by atoms with Crippen molar-refractivity contribution in [3.63, 3.8) is 0 Å². The summed E-state index contributed by atoms with van der Waals surface area (Å²) in [7, 11) is 1.69. The van der Waals surface area contributed by atoms with Gasteiger partial charge in [-0.1, -0.05) is 6.07 Å². The predicted molar refractivity (Wildman–Crippen MR) is 130 cm³/mol. The maximum absolute atomic E-state index is 12.5. The highest BCUT2D eigenvalue weighted by Gasteiger charge is 2.16. The molecule has 4 rings (SSSR count). The number of β-amino-alcohol motifs (C(OH)–C–C–N with tert-alkyl or cyclic N) is 1. The number of ether oxygens (including phenoxy) is 2. The summed E-state index contributed by atoms with van der Waals surface area (Å²) in [5.74, 6) is 0.491. The van der Waals surface area contributed by atoms with Crippen molar-refractivity contribution in [1.82, 2.24) is 9.47 Å². The molecule has 2 heterocycles. The molecule has 1 fully saturated rings. The molecule has 0 atom stereocenters.